The lowest BCUT2D eigenvalue weighted by atomic mass is 9.96. The summed E-state index contributed by atoms with van der Waals surface area (Å²) >= 11 is 0. The highest BCUT2D eigenvalue weighted by molar-refractivity contribution is 6.16. The predicted molar refractivity (Wildman–Crippen MR) is 110 cm³/mol. The number of rotatable bonds is 4. The normalized spacial score (nSPS) is 15.8. The highest BCUT2D eigenvalue weighted by Crippen LogP contribution is 2.23. The van der Waals surface area contributed by atoms with Gasteiger partial charge in [-0.05, 0) is 5.56 Å². The maximum Gasteiger partial charge on any atom is 0.317 e. The van der Waals surface area contributed by atoms with Crippen LogP contribution in [0.25, 0.3) is 11.5 Å². The molecule has 0 saturated heterocycles. The maximum atomic E-state index is 13.0. The third-order valence-electron chi connectivity index (χ3n) is 4.74. The Hall–Kier alpha value is -4.20. The molecule has 1 atom stereocenters. The second-order valence-electron chi connectivity index (χ2n) is 6.73. The van der Waals surface area contributed by atoms with Crippen LogP contribution in [0.3, 0.4) is 0 Å². The minimum atomic E-state index is -0.854. The van der Waals surface area contributed by atoms with Crippen molar-refractivity contribution in [2.24, 2.45) is 4.99 Å². The Morgan fingerprint density at radius 1 is 0.900 bits per heavy atom. The summed E-state index contributed by atoms with van der Waals surface area (Å²) in [5.41, 5.74) is 4.13. The first-order chi connectivity index (χ1) is 14.8. The van der Waals surface area contributed by atoms with Crippen molar-refractivity contribution in [2.45, 2.75) is 12.6 Å². The molecule has 0 fully saturated rings. The minimum absolute atomic E-state index is 0.0869. The summed E-state index contributed by atoms with van der Waals surface area (Å²) in [7, 11) is 0. The zero-order valence-corrected chi connectivity index (χ0v) is 15.8. The molecule has 0 aliphatic carbocycles. The Bertz CT molecular complexity index is 1220. The van der Waals surface area contributed by atoms with Crippen LogP contribution in [0.1, 0.15) is 16.7 Å². The van der Waals surface area contributed by atoms with Crippen LogP contribution in [0.4, 0.5) is 6.01 Å². The van der Waals surface area contributed by atoms with Gasteiger partial charge in [-0.1, -0.05) is 59.7 Å². The fraction of sp³-hybridized carbons (Fsp3) is 0.0909. The van der Waals surface area contributed by atoms with Gasteiger partial charge in [0.2, 0.25) is 0 Å². The quantitative estimate of drug-likeness (QED) is 0.565. The van der Waals surface area contributed by atoms with Crippen molar-refractivity contribution in [1.29, 1.82) is 0 Å². The van der Waals surface area contributed by atoms with Gasteiger partial charge in [0.1, 0.15) is 6.33 Å². The molecule has 5 rings (SSSR count). The first-order valence-corrected chi connectivity index (χ1v) is 9.37. The molecule has 0 unspecified atom stereocenters. The Labute approximate surface area is 171 Å². The third kappa shape index (κ3) is 3.46. The second-order valence-corrected chi connectivity index (χ2v) is 6.73. The minimum Gasteiger partial charge on any atom is -0.403 e. The van der Waals surface area contributed by atoms with E-state index in [2.05, 4.69) is 25.5 Å². The number of aliphatic imine (C=N–C) groups is 1. The molecule has 1 aliphatic heterocycles. The number of aromatic nitrogens is 4. The lowest BCUT2D eigenvalue weighted by Crippen LogP contribution is -2.29. The lowest BCUT2D eigenvalue weighted by Gasteiger charge is -2.11. The van der Waals surface area contributed by atoms with Crippen LogP contribution in [0.2, 0.25) is 0 Å². The van der Waals surface area contributed by atoms with Gasteiger partial charge in [-0.3, -0.25) is 9.79 Å². The lowest BCUT2D eigenvalue weighted by molar-refractivity contribution is -0.119. The number of carbonyl (C=O) groups excluding carboxylic acids is 1. The number of benzene rings is 2. The molecule has 2 aromatic carbocycles. The number of hydrogen-bond acceptors (Lipinski definition) is 8. The van der Waals surface area contributed by atoms with Gasteiger partial charge in [0.05, 0.1) is 11.3 Å². The first-order valence-electron chi connectivity index (χ1n) is 9.37. The molecular formula is C22H16N6O2. The van der Waals surface area contributed by atoms with E-state index in [0.717, 1.165) is 22.4 Å². The molecular weight excluding hydrogens is 380 g/mol. The number of anilines is 1. The molecule has 146 valence electrons. The number of nitrogens with one attached hydrogen (secondary N) is 1. The molecule has 8 nitrogen and oxygen atoms in total. The standard InChI is InChI=1S/C22H16N6O2/c29-18-10-15-8-4-5-9-17(15)19(14-6-2-1-3-7-14)25-20(18)26-22-28-27-21(30-22)16-11-23-13-24-12-16/h1-9,11-13,20H,10H2,(H,26,28)/t20-/m1/s1. The molecule has 0 bridgehead atoms. The molecule has 0 radical (unpaired) electrons. The summed E-state index contributed by atoms with van der Waals surface area (Å²) < 4.78 is 5.64. The van der Waals surface area contributed by atoms with Crippen LogP contribution in [0.5, 0.6) is 0 Å². The first kappa shape index (κ1) is 17.9. The summed E-state index contributed by atoms with van der Waals surface area (Å²) in [4.78, 5) is 25.6. The van der Waals surface area contributed by atoms with E-state index >= 15 is 0 Å². The van der Waals surface area contributed by atoms with Gasteiger partial charge in [0.25, 0.3) is 5.89 Å². The van der Waals surface area contributed by atoms with Gasteiger partial charge in [0, 0.05) is 29.9 Å². The van der Waals surface area contributed by atoms with Crippen LogP contribution < -0.4 is 5.32 Å². The fourth-order valence-corrected chi connectivity index (χ4v) is 3.32. The molecule has 4 aromatic rings. The number of carbonyl (C=O) groups is 1. The van der Waals surface area contributed by atoms with E-state index < -0.39 is 6.17 Å². The van der Waals surface area contributed by atoms with E-state index in [-0.39, 0.29) is 24.1 Å². The molecule has 0 spiro atoms. The molecule has 0 saturated carbocycles. The van der Waals surface area contributed by atoms with Crippen molar-refractivity contribution in [2.75, 3.05) is 5.32 Å². The topological polar surface area (TPSA) is 106 Å². The predicted octanol–water partition coefficient (Wildman–Crippen LogP) is 2.93. The Kier molecular flexibility index (Phi) is 4.57. The Morgan fingerprint density at radius 3 is 2.50 bits per heavy atom. The molecule has 0 amide bonds. The van der Waals surface area contributed by atoms with Crippen molar-refractivity contribution in [3.63, 3.8) is 0 Å². The summed E-state index contributed by atoms with van der Waals surface area (Å²) in [5, 5.41) is 11.0. The van der Waals surface area contributed by atoms with Gasteiger partial charge >= 0.3 is 6.01 Å². The van der Waals surface area contributed by atoms with E-state index in [0.29, 0.717) is 5.56 Å². The average molecular weight is 396 g/mol. The highest BCUT2D eigenvalue weighted by atomic mass is 16.4. The molecule has 3 heterocycles. The van der Waals surface area contributed by atoms with Crippen LogP contribution in [0.15, 0.2) is 82.7 Å². The maximum absolute atomic E-state index is 13.0. The summed E-state index contributed by atoms with van der Waals surface area (Å²) in [6.07, 6.45) is 3.96. The molecule has 2 aromatic heterocycles. The third-order valence-corrected chi connectivity index (χ3v) is 4.74. The summed E-state index contributed by atoms with van der Waals surface area (Å²) in [5.74, 6) is 0.172. The van der Waals surface area contributed by atoms with Gasteiger partial charge < -0.3 is 9.73 Å². The van der Waals surface area contributed by atoms with Crippen LogP contribution in [0, 0.1) is 0 Å². The van der Waals surface area contributed by atoms with Gasteiger partial charge in [-0.25, -0.2) is 9.97 Å². The van der Waals surface area contributed by atoms with Crippen LogP contribution >= 0.6 is 0 Å². The molecule has 30 heavy (non-hydrogen) atoms. The monoisotopic (exact) mass is 396 g/mol. The zero-order valence-electron chi connectivity index (χ0n) is 15.8. The van der Waals surface area contributed by atoms with Crippen LogP contribution in [-0.4, -0.2) is 37.8 Å². The van der Waals surface area contributed by atoms with Gasteiger partial charge in [-0.15, -0.1) is 5.10 Å². The molecule has 1 aliphatic rings. The van der Waals surface area contributed by atoms with Crippen molar-refractivity contribution in [1.82, 2.24) is 20.2 Å². The zero-order chi connectivity index (χ0) is 20.3. The molecule has 8 heteroatoms. The Balaban J connectivity index is 1.51. The van der Waals surface area contributed by atoms with E-state index in [1.165, 1.54) is 6.33 Å². The van der Waals surface area contributed by atoms with Crippen molar-refractivity contribution in [3.8, 4) is 11.5 Å². The number of Topliss-reactive ketones (excluding diaryl/α,β-unsaturated/α-hetero) is 1. The number of fused-ring (bicyclic) bond motifs is 1. The smallest absolute Gasteiger partial charge is 0.317 e. The molecule has 1 N–H and O–H groups in total. The van der Waals surface area contributed by atoms with E-state index in [4.69, 9.17) is 9.41 Å². The summed E-state index contributed by atoms with van der Waals surface area (Å²) in [6.45, 7) is 0. The number of ketones is 1. The van der Waals surface area contributed by atoms with Crippen molar-refractivity contribution < 1.29 is 9.21 Å². The number of hydrogen-bond donors (Lipinski definition) is 1. The van der Waals surface area contributed by atoms with Crippen molar-refractivity contribution in [3.05, 3.63) is 90.0 Å². The van der Waals surface area contributed by atoms with E-state index in [9.17, 15) is 4.79 Å². The van der Waals surface area contributed by atoms with Crippen molar-refractivity contribution >= 4 is 17.5 Å². The second kappa shape index (κ2) is 7.67. The van der Waals surface area contributed by atoms with Gasteiger partial charge in [0.15, 0.2) is 11.9 Å². The SMILES string of the molecule is O=C1Cc2ccccc2C(c2ccccc2)=N[C@@H]1Nc1nnc(-c2cncnc2)o1. The van der Waals surface area contributed by atoms with E-state index in [1.807, 2.05) is 54.6 Å². The van der Waals surface area contributed by atoms with E-state index in [1.54, 1.807) is 12.4 Å². The average Bonchev–Trinajstić information content (AvgIpc) is 3.21. The van der Waals surface area contributed by atoms with Crippen LogP contribution in [-0.2, 0) is 11.2 Å². The Morgan fingerprint density at radius 2 is 1.67 bits per heavy atom. The number of nitrogens with zero attached hydrogens (tertiary/aromatic N) is 5. The largest absolute Gasteiger partial charge is 0.403 e. The van der Waals surface area contributed by atoms with Gasteiger partial charge in [-0.2, -0.15) is 0 Å². The summed E-state index contributed by atoms with van der Waals surface area (Å²) in [6, 6.07) is 17.7. The fourth-order valence-electron chi connectivity index (χ4n) is 3.32. The highest BCUT2D eigenvalue weighted by Gasteiger charge is 2.27.